The molecule has 5 rings (SSSR count). The van der Waals surface area contributed by atoms with Crippen molar-refractivity contribution in [2.75, 3.05) is 26.2 Å². The molecule has 0 spiro atoms. The molecule has 4 aromatic rings. The standard InChI is InChI=1S/C24H25ClN6OS/c1-18-15-22(32-27-18)16-28-11-13-29(14-12-28)17-30-24(33)31(21-5-3-2-4-6-21)23(26-30)19-7-9-20(25)10-8-19/h2-10,15H,11-14,16-17H2,1H3. The van der Waals surface area contributed by atoms with Crippen molar-refractivity contribution in [3.05, 3.63) is 81.9 Å². The minimum absolute atomic E-state index is 0.647. The largest absolute Gasteiger partial charge is 0.360 e. The van der Waals surface area contributed by atoms with Crippen LogP contribution in [-0.2, 0) is 13.2 Å². The summed E-state index contributed by atoms with van der Waals surface area (Å²) in [5, 5.41) is 9.60. The predicted molar refractivity (Wildman–Crippen MR) is 131 cm³/mol. The number of hydrogen-bond donors (Lipinski definition) is 0. The van der Waals surface area contributed by atoms with Crippen molar-refractivity contribution in [2.45, 2.75) is 20.1 Å². The van der Waals surface area contributed by atoms with E-state index in [1.165, 1.54) is 0 Å². The van der Waals surface area contributed by atoms with E-state index in [0.717, 1.165) is 61.3 Å². The molecular formula is C24H25ClN6OS. The Morgan fingerprint density at radius 2 is 1.67 bits per heavy atom. The quantitative estimate of drug-likeness (QED) is 0.370. The number of para-hydroxylation sites is 1. The second-order valence-corrected chi connectivity index (χ2v) is 9.06. The normalized spacial score (nSPS) is 15.2. The Bertz CT molecular complexity index is 1270. The first kappa shape index (κ1) is 22.0. The van der Waals surface area contributed by atoms with Crippen molar-refractivity contribution in [2.24, 2.45) is 0 Å². The molecule has 0 unspecified atom stereocenters. The van der Waals surface area contributed by atoms with Crippen molar-refractivity contribution in [1.29, 1.82) is 0 Å². The highest BCUT2D eigenvalue weighted by atomic mass is 35.5. The molecule has 170 valence electrons. The van der Waals surface area contributed by atoms with Crippen molar-refractivity contribution < 1.29 is 4.52 Å². The van der Waals surface area contributed by atoms with Crippen molar-refractivity contribution in [3.63, 3.8) is 0 Å². The molecule has 9 heteroatoms. The van der Waals surface area contributed by atoms with Gasteiger partial charge in [-0.3, -0.25) is 14.4 Å². The summed E-state index contributed by atoms with van der Waals surface area (Å²) in [6.07, 6.45) is 0. The molecule has 0 radical (unpaired) electrons. The SMILES string of the molecule is Cc1cc(CN2CCN(Cn3nc(-c4ccc(Cl)cc4)n(-c4ccccc4)c3=S)CC2)on1. The minimum Gasteiger partial charge on any atom is -0.360 e. The summed E-state index contributed by atoms with van der Waals surface area (Å²) < 4.78 is 9.99. The van der Waals surface area contributed by atoms with Crippen LogP contribution in [0.1, 0.15) is 11.5 Å². The van der Waals surface area contributed by atoms with Gasteiger partial charge in [0.1, 0.15) is 0 Å². The molecule has 0 bridgehead atoms. The fourth-order valence-corrected chi connectivity index (χ4v) is 4.50. The van der Waals surface area contributed by atoms with E-state index < -0.39 is 0 Å². The highest BCUT2D eigenvalue weighted by Gasteiger charge is 2.21. The van der Waals surface area contributed by atoms with E-state index in [4.69, 9.17) is 33.4 Å². The van der Waals surface area contributed by atoms with Crippen LogP contribution in [0.3, 0.4) is 0 Å². The Labute approximate surface area is 202 Å². The van der Waals surface area contributed by atoms with Gasteiger partial charge in [0.25, 0.3) is 0 Å². The van der Waals surface area contributed by atoms with Crippen LogP contribution < -0.4 is 0 Å². The number of piperazine rings is 1. The first-order valence-corrected chi connectivity index (χ1v) is 11.7. The van der Waals surface area contributed by atoms with E-state index >= 15 is 0 Å². The van der Waals surface area contributed by atoms with Gasteiger partial charge in [-0.05, 0) is 55.5 Å². The molecule has 2 aromatic heterocycles. The number of rotatable bonds is 6. The zero-order valence-corrected chi connectivity index (χ0v) is 20.0. The van der Waals surface area contributed by atoms with Gasteiger partial charge >= 0.3 is 0 Å². The lowest BCUT2D eigenvalue weighted by molar-refractivity contribution is 0.0921. The number of benzene rings is 2. The predicted octanol–water partition coefficient (Wildman–Crippen LogP) is 4.80. The fraction of sp³-hybridized carbons (Fsp3) is 0.292. The molecule has 0 saturated carbocycles. The number of nitrogens with zero attached hydrogens (tertiary/aromatic N) is 6. The van der Waals surface area contributed by atoms with Gasteiger partial charge in [-0.1, -0.05) is 35.0 Å². The number of halogens is 1. The van der Waals surface area contributed by atoms with Crippen LogP contribution in [0.4, 0.5) is 0 Å². The van der Waals surface area contributed by atoms with E-state index in [1.54, 1.807) is 0 Å². The second-order valence-electron chi connectivity index (χ2n) is 8.25. The second kappa shape index (κ2) is 9.61. The smallest absolute Gasteiger partial charge is 0.204 e. The number of aryl methyl sites for hydroxylation is 1. The van der Waals surface area contributed by atoms with Gasteiger partial charge in [0.2, 0.25) is 4.77 Å². The van der Waals surface area contributed by atoms with Crippen LogP contribution in [0.25, 0.3) is 17.1 Å². The molecule has 7 nitrogen and oxygen atoms in total. The van der Waals surface area contributed by atoms with E-state index in [9.17, 15) is 0 Å². The molecule has 0 amide bonds. The van der Waals surface area contributed by atoms with Crippen LogP contribution in [0, 0.1) is 11.7 Å². The molecular weight excluding hydrogens is 456 g/mol. The summed E-state index contributed by atoms with van der Waals surface area (Å²) in [6, 6.07) is 19.8. The zero-order valence-electron chi connectivity index (χ0n) is 18.4. The molecule has 1 fully saturated rings. The first-order valence-electron chi connectivity index (χ1n) is 10.9. The van der Waals surface area contributed by atoms with Crippen molar-refractivity contribution >= 4 is 23.8 Å². The van der Waals surface area contributed by atoms with Crippen LogP contribution in [-0.4, -0.2) is 55.5 Å². The molecule has 0 atom stereocenters. The summed E-state index contributed by atoms with van der Waals surface area (Å²) in [6.45, 7) is 7.16. The lowest BCUT2D eigenvalue weighted by atomic mass is 10.2. The Morgan fingerprint density at radius 3 is 2.33 bits per heavy atom. The average molecular weight is 481 g/mol. The van der Waals surface area contributed by atoms with Gasteiger partial charge in [-0.2, -0.15) is 0 Å². The summed E-state index contributed by atoms with van der Waals surface area (Å²) in [5.41, 5.74) is 2.88. The maximum absolute atomic E-state index is 6.11. The van der Waals surface area contributed by atoms with Crippen molar-refractivity contribution in [1.82, 2.24) is 29.3 Å². The van der Waals surface area contributed by atoms with E-state index in [-0.39, 0.29) is 0 Å². The number of aromatic nitrogens is 4. The third kappa shape index (κ3) is 4.94. The van der Waals surface area contributed by atoms with Crippen LogP contribution in [0.15, 0.2) is 65.2 Å². The fourth-order valence-electron chi connectivity index (χ4n) is 4.09. The van der Waals surface area contributed by atoms with Gasteiger partial charge in [0.05, 0.1) is 18.9 Å². The molecule has 1 aliphatic rings. The van der Waals surface area contributed by atoms with Crippen LogP contribution in [0.2, 0.25) is 5.02 Å². The summed E-state index contributed by atoms with van der Waals surface area (Å²) >= 11 is 12.0. The van der Waals surface area contributed by atoms with E-state index in [0.29, 0.717) is 16.5 Å². The average Bonchev–Trinajstić information content (AvgIpc) is 3.38. The monoisotopic (exact) mass is 480 g/mol. The molecule has 33 heavy (non-hydrogen) atoms. The Morgan fingerprint density at radius 1 is 0.970 bits per heavy atom. The Kier molecular flexibility index (Phi) is 6.41. The highest BCUT2D eigenvalue weighted by Crippen LogP contribution is 2.24. The summed E-state index contributed by atoms with van der Waals surface area (Å²) in [4.78, 5) is 4.77. The van der Waals surface area contributed by atoms with Gasteiger partial charge in [-0.15, -0.1) is 5.10 Å². The van der Waals surface area contributed by atoms with E-state index in [1.807, 2.05) is 76.8 Å². The van der Waals surface area contributed by atoms with Gasteiger partial charge in [0.15, 0.2) is 11.6 Å². The molecule has 1 aliphatic heterocycles. The summed E-state index contributed by atoms with van der Waals surface area (Å²) in [5.74, 6) is 1.72. The molecule has 2 aromatic carbocycles. The third-order valence-electron chi connectivity index (χ3n) is 5.81. The van der Waals surface area contributed by atoms with Gasteiger partial charge < -0.3 is 4.52 Å². The van der Waals surface area contributed by atoms with Crippen molar-refractivity contribution in [3.8, 4) is 17.1 Å². The van der Waals surface area contributed by atoms with Gasteiger partial charge in [-0.25, -0.2) is 4.68 Å². The Balaban J connectivity index is 1.35. The van der Waals surface area contributed by atoms with Crippen LogP contribution in [0.5, 0.6) is 0 Å². The molecule has 0 N–H and O–H groups in total. The lowest BCUT2D eigenvalue weighted by Crippen LogP contribution is -2.46. The molecule has 3 heterocycles. The first-order chi connectivity index (χ1) is 16.1. The Hall–Kier alpha value is -2.78. The molecule has 1 saturated heterocycles. The lowest BCUT2D eigenvalue weighted by Gasteiger charge is -2.33. The maximum Gasteiger partial charge on any atom is 0.204 e. The zero-order chi connectivity index (χ0) is 22.8. The van der Waals surface area contributed by atoms with Crippen LogP contribution >= 0.6 is 23.8 Å². The third-order valence-corrected chi connectivity index (χ3v) is 6.46. The number of hydrogen-bond acceptors (Lipinski definition) is 6. The molecule has 0 aliphatic carbocycles. The summed E-state index contributed by atoms with van der Waals surface area (Å²) in [7, 11) is 0. The maximum atomic E-state index is 6.11. The van der Waals surface area contributed by atoms with Gasteiger partial charge in [0, 0.05) is 48.5 Å². The topological polar surface area (TPSA) is 55.3 Å². The highest BCUT2D eigenvalue weighted by molar-refractivity contribution is 7.71. The minimum atomic E-state index is 0.647. The van der Waals surface area contributed by atoms with E-state index in [2.05, 4.69) is 15.0 Å².